The lowest BCUT2D eigenvalue weighted by Gasteiger charge is -2.08. The van der Waals surface area contributed by atoms with E-state index in [-0.39, 0.29) is 33.5 Å². The maximum absolute atomic E-state index is 13.1. The highest BCUT2D eigenvalue weighted by molar-refractivity contribution is 6.33. The second-order valence-corrected chi connectivity index (χ2v) is 4.54. The Hall–Kier alpha value is -2.41. The Morgan fingerprint density at radius 3 is 2.71 bits per heavy atom. The molecule has 1 aromatic heterocycles. The van der Waals surface area contributed by atoms with Crippen molar-refractivity contribution >= 4 is 17.6 Å². The number of carboxylic acids is 1. The Morgan fingerprint density at radius 1 is 1.24 bits per heavy atom. The summed E-state index contributed by atoms with van der Waals surface area (Å²) in [6.45, 7) is 0. The van der Waals surface area contributed by atoms with E-state index < -0.39 is 12.3 Å². The number of aromatic nitrogens is 1. The van der Waals surface area contributed by atoms with Gasteiger partial charge in [-0.05, 0) is 24.3 Å². The number of fused-ring (bicyclic) bond motifs is 1. The molecule has 21 heavy (non-hydrogen) atoms. The quantitative estimate of drug-likeness (QED) is 0.920. The van der Waals surface area contributed by atoms with Gasteiger partial charge in [-0.15, -0.1) is 8.78 Å². The minimum Gasteiger partial charge on any atom is -0.476 e. The van der Waals surface area contributed by atoms with E-state index in [1.54, 1.807) is 0 Å². The fraction of sp³-hybridized carbons (Fsp3) is 0.0769. The largest absolute Gasteiger partial charge is 0.586 e. The third kappa shape index (κ3) is 2.36. The highest BCUT2D eigenvalue weighted by Crippen LogP contribution is 2.46. The molecule has 2 heterocycles. The molecule has 1 aliphatic rings. The summed E-state index contributed by atoms with van der Waals surface area (Å²) in [6.07, 6.45) is -3.76. The van der Waals surface area contributed by atoms with E-state index in [0.29, 0.717) is 0 Å². The third-order valence-corrected chi connectivity index (χ3v) is 3.06. The number of halogens is 3. The van der Waals surface area contributed by atoms with Crippen molar-refractivity contribution in [3.63, 3.8) is 0 Å². The van der Waals surface area contributed by atoms with Gasteiger partial charge in [0.05, 0.1) is 10.7 Å². The van der Waals surface area contributed by atoms with E-state index >= 15 is 0 Å². The average Bonchev–Trinajstić information content (AvgIpc) is 2.72. The molecule has 0 fully saturated rings. The molecule has 0 saturated carbocycles. The minimum absolute atomic E-state index is 0.0543. The van der Waals surface area contributed by atoms with Crippen LogP contribution in [0.5, 0.6) is 11.5 Å². The van der Waals surface area contributed by atoms with Gasteiger partial charge in [-0.2, -0.15) is 0 Å². The van der Waals surface area contributed by atoms with Crippen molar-refractivity contribution in [1.29, 1.82) is 0 Å². The van der Waals surface area contributed by atoms with Gasteiger partial charge in [0.25, 0.3) is 0 Å². The number of rotatable bonds is 2. The zero-order chi connectivity index (χ0) is 15.2. The van der Waals surface area contributed by atoms with Crippen molar-refractivity contribution in [3.8, 4) is 22.8 Å². The molecule has 0 unspecified atom stereocenters. The van der Waals surface area contributed by atoms with Gasteiger partial charge in [0.15, 0.2) is 17.2 Å². The molecule has 0 bridgehead atoms. The van der Waals surface area contributed by atoms with Gasteiger partial charge in [0.1, 0.15) is 0 Å². The SMILES string of the molecule is O=C(O)c1nc(-c2cccc3c2OC(F)(F)O3)ccc1Cl. The first-order valence-electron chi connectivity index (χ1n) is 5.66. The molecule has 1 N–H and O–H groups in total. The fourth-order valence-electron chi connectivity index (χ4n) is 1.91. The van der Waals surface area contributed by atoms with Crippen LogP contribution in [0.1, 0.15) is 10.5 Å². The van der Waals surface area contributed by atoms with Gasteiger partial charge in [-0.3, -0.25) is 0 Å². The number of ether oxygens (including phenoxy) is 2. The molecular weight excluding hydrogens is 308 g/mol. The first kappa shape index (κ1) is 13.6. The van der Waals surface area contributed by atoms with Crippen molar-refractivity contribution in [3.05, 3.63) is 41.0 Å². The maximum Gasteiger partial charge on any atom is 0.586 e. The number of hydrogen-bond acceptors (Lipinski definition) is 4. The van der Waals surface area contributed by atoms with E-state index in [0.717, 1.165) is 0 Å². The molecule has 1 aromatic carbocycles. The molecule has 1 aliphatic heterocycles. The molecule has 8 heteroatoms. The first-order valence-corrected chi connectivity index (χ1v) is 6.04. The molecule has 0 aliphatic carbocycles. The Kier molecular flexibility index (Phi) is 2.94. The molecule has 0 radical (unpaired) electrons. The van der Waals surface area contributed by atoms with E-state index in [1.807, 2.05) is 0 Å². The molecule has 0 amide bonds. The van der Waals surface area contributed by atoms with Crippen LogP contribution in [0.4, 0.5) is 8.78 Å². The molecule has 5 nitrogen and oxygen atoms in total. The maximum atomic E-state index is 13.1. The van der Waals surface area contributed by atoms with Gasteiger partial charge >= 0.3 is 12.3 Å². The number of nitrogens with zero attached hydrogens (tertiary/aromatic N) is 1. The fourth-order valence-corrected chi connectivity index (χ4v) is 2.10. The Bertz CT molecular complexity index is 751. The summed E-state index contributed by atoms with van der Waals surface area (Å²) >= 11 is 5.72. The van der Waals surface area contributed by atoms with Crippen LogP contribution in [-0.2, 0) is 0 Å². The average molecular weight is 314 g/mol. The summed E-state index contributed by atoms with van der Waals surface area (Å²) in [5.74, 6) is -1.67. The number of carboxylic acid groups (broad SMARTS) is 1. The Morgan fingerprint density at radius 2 is 2.00 bits per heavy atom. The number of benzene rings is 1. The topological polar surface area (TPSA) is 68.7 Å². The summed E-state index contributed by atoms with van der Waals surface area (Å²) < 4.78 is 35.0. The Labute approximate surface area is 121 Å². The predicted octanol–water partition coefficient (Wildman–Crippen LogP) is 3.42. The van der Waals surface area contributed by atoms with Gasteiger partial charge in [-0.25, -0.2) is 9.78 Å². The predicted molar refractivity (Wildman–Crippen MR) is 67.8 cm³/mol. The summed E-state index contributed by atoms with van der Waals surface area (Å²) in [5, 5.41) is 8.94. The number of pyridine rings is 1. The third-order valence-electron chi connectivity index (χ3n) is 2.75. The second-order valence-electron chi connectivity index (χ2n) is 4.13. The highest BCUT2D eigenvalue weighted by Gasteiger charge is 2.44. The lowest BCUT2D eigenvalue weighted by Crippen LogP contribution is -2.26. The van der Waals surface area contributed by atoms with Crippen LogP contribution in [0.15, 0.2) is 30.3 Å². The number of para-hydroxylation sites is 1. The van der Waals surface area contributed by atoms with Crippen LogP contribution in [0.25, 0.3) is 11.3 Å². The smallest absolute Gasteiger partial charge is 0.476 e. The first-order chi connectivity index (χ1) is 9.87. The van der Waals surface area contributed by atoms with Crippen LogP contribution in [0.3, 0.4) is 0 Å². The zero-order valence-electron chi connectivity index (χ0n) is 10.1. The normalized spacial score (nSPS) is 15.0. The molecule has 0 spiro atoms. The van der Waals surface area contributed by atoms with Crippen LogP contribution in [0.2, 0.25) is 5.02 Å². The monoisotopic (exact) mass is 313 g/mol. The molecule has 108 valence electrons. The van der Waals surface area contributed by atoms with Crippen molar-refractivity contribution in [2.45, 2.75) is 6.29 Å². The Balaban J connectivity index is 2.14. The summed E-state index contributed by atoms with van der Waals surface area (Å²) in [4.78, 5) is 14.9. The van der Waals surface area contributed by atoms with E-state index in [1.165, 1.54) is 30.3 Å². The van der Waals surface area contributed by atoms with E-state index in [2.05, 4.69) is 14.5 Å². The molecule has 0 saturated heterocycles. The summed E-state index contributed by atoms with van der Waals surface area (Å²) in [6, 6.07) is 6.97. The van der Waals surface area contributed by atoms with Gasteiger partial charge in [0.2, 0.25) is 0 Å². The number of alkyl halides is 2. The second kappa shape index (κ2) is 4.56. The standard InChI is InChI=1S/C13H6ClF2NO4/c14-7-4-5-8(17-10(7)12(18)19)6-2-1-3-9-11(6)21-13(15,16)20-9/h1-5H,(H,18,19). The van der Waals surface area contributed by atoms with Crippen LogP contribution in [-0.4, -0.2) is 22.4 Å². The van der Waals surface area contributed by atoms with Crippen molar-refractivity contribution in [2.24, 2.45) is 0 Å². The summed E-state index contributed by atoms with van der Waals surface area (Å²) in [7, 11) is 0. The van der Waals surface area contributed by atoms with Crippen molar-refractivity contribution in [1.82, 2.24) is 4.98 Å². The van der Waals surface area contributed by atoms with Gasteiger partial charge in [-0.1, -0.05) is 17.7 Å². The van der Waals surface area contributed by atoms with Gasteiger partial charge in [0, 0.05) is 5.56 Å². The van der Waals surface area contributed by atoms with E-state index in [9.17, 15) is 13.6 Å². The molecule has 0 atom stereocenters. The van der Waals surface area contributed by atoms with Gasteiger partial charge < -0.3 is 14.6 Å². The number of carbonyl (C=O) groups is 1. The van der Waals surface area contributed by atoms with Crippen molar-refractivity contribution < 1.29 is 28.2 Å². The molecule has 2 aromatic rings. The summed E-state index contributed by atoms with van der Waals surface area (Å²) in [5.41, 5.74) is -0.0590. The van der Waals surface area contributed by atoms with Crippen LogP contribution in [0, 0.1) is 0 Å². The van der Waals surface area contributed by atoms with Crippen LogP contribution < -0.4 is 9.47 Å². The number of aromatic carboxylic acids is 1. The lowest BCUT2D eigenvalue weighted by molar-refractivity contribution is -0.286. The number of hydrogen-bond donors (Lipinski definition) is 1. The van der Waals surface area contributed by atoms with Crippen LogP contribution >= 0.6 is 11.6 Å². The minimum atomic E-state index is -3.76. The highest BCUT2D eigenvalue weighted by atomic mass is 35.5. The van der Waals surface area contributed by atoms with E-state index in [4.69, 9.17) is 16.7 Å². The molecular formula is C13H6ClF2NO4. The zero-order valence-corrected chi connectivity index (χ0v) is 10.9. The van der Waals surface area contributed by atoms with Crippen molar-refractivity contribution in [2.75, 3.05) is 0 Å². The lowest BCUT2D eigenvalue weighted by atomic mass is 10.1. The molecule has 3 rings (SSSR count).